The molecule has 2 aliphatic rings. The molecule has 3 radical (unpaired) electrons. The van der Waals surface area contributed by atoms with E-state index in [4.69, 9.17) is 0 Å². The van der Waals surface area contributed by atoms with E-state index in [-0.39, 0.29) is 21.7 Å². The summed E-state index contributed by atoms with van der Waals surface area (Å²) in [6.45, 7) is 7.87. The van der Waals surface area contributed by atoms with Crippen LogP contribution in [-0.2, 0) is 21.7 Å². The first kappa shape index (κ1) is 18.2. The predicted octanol–water partition coefficient (Wildman–Crippen LogP) is 4.09. The van der Waals surface area contributed by atoms with Crippen LogP contribution in [0.5, 0.6) is 0 Å². The molecule has 0 saturated carbocycles. The van der Waals surface area contributed by atoms with Crippen molar-refractivity contribution in [3.05, 3.63) is 66.3 Å². The Bertz CT molecular complexity index is 516. The number of benzene rings is 1. The van der Waals surface area contributed by atoms with Gasteiger partial charge < -0.3 is 4.90 Å². The van der Waals surface area contributed by atoms with Crippen LogP contribution in [-0.4, -0.2) is 28.2 Å². The van der Waals surface area contributed by atoms with Crippen molar-refractivity contribution >= 4 is 15.9 Å². The van der Waals surface area contributed by atoms with Crippen molar-refractivity contribution < 1.29 is 21.7 Å². The minimum atomic E-state index is 0. The fraction of sp³-hybridized carbons (Fsp3) is 0.333. The molecule has 1 aromatic rings. The van der Waals surface area contributed by atoms with Crippen LogP contribution in [0.25, 0.3) is 5.70 Å². The van der Waals surface area contributed by atoms with Crippen molar-refractivity contribution in [2.24, 2.45) is 0 Å². The Morgan fingerprint density at radius 1 is 1.24 bits per heavy atom. The first-order valence-corrected chi connectivity index (χ1v) is 7.86. The van der Waals surface area contributed by atoms with Crippen LogP contribution in [0, 0.1) is 0 Å². The summed E-state index contributed by atoms with van der Waals surface area (Å²) in [6.07, 6.45) is 10.6. The van der Waals surface area contributed by atoms with Gasteiger partial charge in [-0.3, -0.25) is 0 Å². The molecule has 3 rings (SSSR count). The molecule has 1 fully saturated rings. The molecule has 0 aromatic heterocycles. The van der Waals surface area contributed by atoms with E-state index in [1.165, 1.54) is 42.8 Å². The molecule has 1 aromatic carbocycles. The van der Waals surface area contributed by atoms with Crippen molar-refractivity contribution in [3.8, 4) is 0 Å². The summed E-state index contributed by atoms with van der Waals surface area (Å²) in [6, 6.07) is 8.70. The van der Waals surface area contributed by atoms with Crippen molar-refractivity contribution in [2.45, 2.75) is 25.3 Å². The van der Waals surface area contributed by atoms with Gasteiger partial charge in [-0.15, -0.1) is 0 Å². The molecule has 21 heavy (non-hydrogen) atoms. The van der Waals surface area contributed by atoms with Crippen LogP contribution < -0.4 is 0 Å². The summed E-state index contributed by atoms with van der Waals surface area (Å²) < 4.78 is 0. The first-order chi connectivity index (χ1) is 9.77. The topological polar surface area (TPSA) is 3.24 Å². The average molecular weight is 328 g/mol. The Kier molecular flexibility index (Phi) is 8.02. The van der Waals surface area contributed by atoms with Crippen LogP contribution in [0.4, 0.5) is 0 Å². The normalized spacial score (nSPS) is 19.4. The molecule has 1 unspecified atom stereocenters. The van der Waals surface area contributed by atoms with Gasteiger partial charge in [0.25, 0.3) is 0 Å². The SMILES string of the molecule is C=CC=CC.[Si]C1C=C(N2CCCC2)c2ccccc21.[Ti]. The third-order valence-electron chi connectivity index (χ3n) is 3.67. The number of nitrogens with zero attached hydrogens (tertiary/aromatic N) is 1. The zero-order chi connectivity index (χ0) is 14.4. The smallest absolute Gasteiger partial charge is 0.0405 e. The molecular formula is C18H22NSiTi. The molecule has 0 bridgehead atoms. The van der Waals surface area contributed by atoms with E-state index < -0.39 is 0 Å². The molecule has 1 aliphatic carbocycles. The van der Waals surface area contributed by atoms with Gasteiger partial charge in [0.2, 0.25) is 0 Å². The van der Waals surface area contributed by atoms with Crippen LogP contribution in [0.2, 0.25) is 0 Å². The maximum absolute atomic E-state index is 3.77. The monoisotopic (exact) mass is 328 g/mol. The fourth-order valence-corrected chi connectivity index (χ4v) is 3.12. The second-order valence-corrected chi connectivity index (χ2v) is 5.69. The Morgan fingerprint density at radius 3 is 2.48 bits per heavy atom. The molecule has 107 valence electrons. The van der Waals surface area contributed by atoms with Gasteiger partial charge in [-0.25, -0.2) is 0 Å². The van der Waals surface area contributed by atoms with E-state index in [2.05, 4.69) is 52.1 Å². The number of hydrogen-bond donors (Lipinski definition) is 0. The molecule has 1 aliphatic heterocycles. The number of allylic oxidation sites excluding steroid dienone is 4. The Balaban J connectivity index is 0.000000324. The second kappa shape index (κ2) is 9.24. The first-order valence-electron chi connectivity index (χ1n) is 7.29. The molecular weight excluding hydrogens is 306 g/mol. The van der Waals surface area contributed by atoms with E-state index in [9.17, 15) is 0 Å². The Labute approximate surface area is 147 Å². The van der Waals surface area contributed by atoms with Gasteiger partial charge in [0, 0.05) is 56.3 Å². The molecule has 1 atom stereocenters. The van der Waals surface area contributed by atoms with Crippen molar-refractivity contribution in [1.82, 2.24) is 4.90 Å². The number of hydrogen-bond acceptors (Lipinski definition) is 1. The summed E-state index contributed by atoms with van der Waals surface area (Å²) in [7, 11) is 3.77. The van der Waals surface area contributed by atoms with Crippen molar-refractivity contribution in [2.75, 3.05) is 13.1 Å². The predicted molar refractivity (Wildman–Crippen MR) is 88.7 cm³/mol. The Hall–Kier alpha value is -0.829. The van der Waals surface area contributed by atoms with E-state index >= 15 is 0 Å². The maximum Gasteiger partial charge on any atom is 0.0405 e. The van der Waals surface area contributed by atoms with Crippen molar-refractivity contribution in [1.29, 1.82) is 0 Å². The number of likely N-dealkylation sites (tertiary alicyclic amines) is 1. The quantitative estimate of drug-likeness (QED) is 0.584. The third-order valence-corrected chi connectivity index (χ3v) is 4.15. The molecule has 1 heterocycles. The summed E-state index contributed by atoms with van der Waals surface area (Å²) in [5, 5.41) is 0. The zero-order valence-corrected chi connectivity index (χ0v) is 15.2. The van der Waals surface area contributed by atoms with Crippen LogP contribution in [0.1, 0.15) is 36.4 Å². The number of rotatable bonds is 2. The fourth-order valence-electron chi connectivity index (χ4n) is 2.71. The van der Waals surface area contributed by atoms with Crippen LogP contribution in [0.3, 0.4) is 0 Å². The Morgan fingerprint density at radius 2 is 1.90 bits per heavy atom. The third kappa shape index (κ3) is 4.57. The molecule has 1 saturated heterocycles. The maximum atomic E-state index is 3.77. The molecule has 0 N–H and O–H groups in total. The van der Waals surface area contributed by atoms with Crippen LogP contribution >= 0.6 is 0 Å². The average Bonchev–Trinajstić information content (AvgIpc) is 3.09. The molecule has 1 nitrogen and oxygen atoms in total. The minimum absolute atomic E-state index is 0. The van der Waals surface area contributed by atoms with Crippen LogP contribution in [0.15, 0.2) is 55.1 Å². The summed E-state index contributed by atoms with van der Waals surface area (Å²) in [5.41, 5.74) is 4.66. The number of fused-ring (bicyclic) bond motifs is 1. The zero-order valence-electron chi connectivity index (χ0n) is 12.7. The summed E-state index contributed by atoms with van der Waals surface area (Å²) in [4.78, 5) is 2.51. The molecule has 3 heteroatoms. The summed E-state index contributed by atoms with van der Waals surface area (Å²) >= 11 is 0. The van der Waals surface area contributed by atoms with Gasteiger partial charge in [-0.2, -0.15) is 0 Å². The van der Waals surface area contributed by atoms with E-state index in [1.807, 2.05) is 19.1 Å². The van der Waals surface area contributed by atoms with E-state index in [0.717, 1.165) is 0 Å². The molecule has 0 amide bonds. The van der Waals surface area contributed by atoms with Crippen molar-refractivity contribution in [3.63, 3.8) is 0 Å². The van der Waals surface area contributed by atoms with Gasteiger partial charge in [-0.05, 0) is 30.9 Å². The minimum Gasteiger partial charge on any atom is -0.371 e. The summed E-state index contributed by atoms with van der Waals surface area (Å²) in [5.74, 6) is 0. The second-order valence-electron chi connectivity index (χ2n) is 5.07. The molecule has 0 spiro atoms. The van der Waals surface area contributed by atoms with Gasteiger partial charge in [0.15, 0.2) is 0 Å². The standard InChI is InChI=1S/C13H14NSi.C5H8.Ti/c15-13-9-12(14-7-3-4-8-14)10-5-1-2-6-11(10)13;1-3-5-4-2;/h1-2,5-6,9,13H,3-4,7-8H2;3-5H,1H2,2H3;. The van der Waals surface area contributed by atoms with E-state index in [0.29, 0.717) is 5.54 Å². The van der Waals surface area contributed by atoms with Gasteiger partial charge in [0.1, 0.15) is 0 Å². The van der Waals surface area contributed by atoms with Gasteiger partial charge in [-0.1, -0.05) is 55.1 Å². The van der Waals surface area contributed by atoms with Gasteiger partial charge >= 0.3 is 0 Å². The van der Waals surface area contributed by atoms with E-state index in [1.54, 1.807) is 6.08 Å². The van der Waals surface area contributed by atoms with Gasteiger partial charge in [0.05, 0.1) is 0 Å². The largest absolute Gasteiger partial charge is 0.371 e.